The fraction of sp³-hybridized carbons (Fsp3) is 0.364. The molecule has 0 aromatic heterocycles. The molecular weight excluding hydrogens is 376 g/mol. The zero-order chi connectivity index (χ0) is 20.8. The smallest absolute Gasteiger partial charge is 0.258 e. The Balaban J connectivity index is 2.01. The molecule has 5 nitrogen and oxygen atoms in total. The van der Waals surface area contributed by atoms with Crippen molar-refractivity contribution in [2.45, 2.75) is 46.6 Å². The lowest BCUT2D eigenvalue weighted by Gasteiger charge is -2.18. The number of hydrogen-bond acceptors (Lipinski definition) is 3. The highest BCUT2D eigenvalue weighted by molar-refractivity contribution is 6.31. The summed E-state index contributed by atoms with van der Waals surface area (Å²) in [5.41, 5.74) is 3.47. The topological polar surface area (TPSA) is 67.4 Å². The first-order chi connectivity index (χ1) is 13.2. The van der Waals surface area contributed by atoms with Crippen LogP contribution in [0, 0.1) is 6.92 Å². The van der Waals surface area contributed by atoms with Crippen LogP contribution in [0.3, 0.4) is 0 Å². The minimum Gasteiger partial charge on any atom is -0.483 e. The lowest BCUT2D eigenvalue weighted by Crippen LogP contribution is -2.31. The maximum atomic E-state index is 12.4. The number of ether oxygens (including phenoxy) is 1. The van der Waals surface area contributed by atoms with Crippen LogP contribution in [0.5, 0.6) is 5.75 Å². The second-order valence-corrected chi connectivity index (χ2v) is 7.59. The molecule has 150 valence electrons. The first kappa shape index (κ1) is 21.8. The zero-order valence-electron chi connectivity index (χ0n) is 16.9. The molecule has 0 saturated heterocycles. The Morgan fingerprint density at radius 2 is 1.86 bits per heavy atom. The molecule has 0 aliphatic rings. The average molecular weight is 403 g/mol. The molecule has 1 unspecified atom stereocenters. The Hall–Kier alpha value is -2.53. The van der Waals surface area contributed by atoms with Crippen LogP contribution >= 0.6 is 11.6 Å². The van der Waals surface area contributed by atoms with E-state index in [1.54, 1.807) is 6.07 Å². The molecule has 2 aromatic rings. The summed E-state index contributed by atoms with van der Waals surface area (Å²) in [6.07, 6.45) is 0. The second-order valence-electron chi connectivity index (χ2n) is 7.18. The molecular formula is C22H27ClN2O3. The molecule has 0 aliphatic heterocycles. The van der Waals surface area contributed by atoms with E-state index in [1.807, 2.05) is 44.2 Å². The fourth-order valence-electron chi connectivity index (χ4n) is 2.85. The van der Waals surface area contributed by atoms with Crippen molar-refractivity contribution in [3.05, 3.63) is 58.1 Å². The first-order valence-electron chi connectivity index (χ1n) is 9.27. The maximum Gasteiger partial charge on any atom is 0.258 e. The Labute approximate surface area is 171 Å². The Bertz CT molecular complexity index is 865. The van der Waals surface area contributed by atoms with E-state index < -0.39 is 0 Å². The van der Waals surface area contributed by atoms with Crippen LogP contribution in [-0.4, -0.2) is 18.4 Å². The van der Waals surface area contributed by atoms with Crippen molar-refractivity contribution >= 4 is 29.1 Å². The van der Waals surface area contributed by atoms with E-state index in [0.29, 0.717) is 16.5 Å². The van der Waals surface area contributed by atoms with Crippen molar-refractivity contribution in [1.29, 1.82) is 0 Å². The number of carbonyl (C=O) groups excluding carboxylic acids is 2. The largest absolute Gasteiger partial charge is 0.483 e. The van der Waals surface area contributed by atoms with Gasteiger partial charge in [-0.2, -0.15) is 0 Å². The summed E-state index contributed by atoms with van der Waals surface area (Å²) in [6, 6.07) is 10.9. The minimum absolute atomic E-state index is 0.0868. The van der Waals surface area contributed by atoms with Crippen LogP contribution in [0.2, 0.25) is 5.02 Å². The number of benzene rings is 2. The van der Waals surface area contributed by atoms with Crippen LogP contribution in [0.1, 0.15) is 56.3 Å². The third-order valence-corrected chi connectivity index (χ3v) is 4.76. The summed E-state index contributed by atoms with van der Waals surface area (Å²) in [5.74, 6) is 0.542. The summed E-state index contributed by atoms with van der Waals surface area (Å²) >= 11 is 6.21. The standard InChI is InChI=1S/C22H27ClN2O3/c1-13(2)19-11-20(23)14(3)9-21(19)28-12-22(27)24-15(4)17-7-6-8-18(10-17)25-16(5)26/h6-11,13,15H,12H2,1-5H3,(H,24,27)(H,25,26). The van der Waals surface area contributed by atoms with E-state index >= 15 is 0 Å². The van der Waals surface area contributed by atoms with E-state index in [4.69, 9.17) is 16.3 Å². The predicted molar refractivity (Wildman–Crippen MR) is 113 cm³/mol. The molecule has 6 heteroatoms. The van der Waals surface area contributed by atoms with Gasteiger partial charge in [-0.15, -0.1) is 0 Å². The first-order valence-corrected chi connectivity index (χ1v) is 9.65. The van der Waals surface area contributed by atoms with Crippen molar-refractivity contribution in [2.75, 3.05) is 11.9 Å². The van der Waals surface area contributed by atoms with Gasteiger partial charge in [0.15, 0.2) is 6.61 Å². The molecule has 28 heavy (non-hydrogen) atoms. The number of rotatable bonds is 7. The summed E-state index contributed by atoms with van der Waals surface area (Å²) in [7, 11) is 0. The summed E-state index contributed by atoms with van der Waals surface area (Å²) in [4.78, 5) is 23.6. The van der Waals surface area contributed by atoms with E-state index in [1.165, 1.54) is 6.92 Å². The molecule has 0 aliphatic carbocycles. The van der Waals surface area contributed by atoms with E-state index in [-0.39, 0.29) is 30.4 Å². The van der Waals surface area contributed by atoms with E-state index in [9.17, 15) is 9.59 Å². The van der Waals surface area contributed by atoms with Gasteiger partial charge in [-0.3, -0.25) is 9.59 Å². The second kappa shape index (κ2) is 9.60. The molecule has 2 N–H and O–H groups in total. The molecule has 0 bridgehead atoms. The lowest BCUT2D eigenvalue weighted by atomic mass is 10.0. The molecule has 2 amide bonds. The summed E-state index contributed by atoms with van der Waals surface area (Å²) in [6.45, 7) is 9.27. The van der Waals surface area contributed by atoms with Gasteiger partial charge in [0.2, 0.25) is 5.91 Å². The van der Waals surface area contributed by atoms with Gasteiger partial charge in [0, 0.05) is 17.6 Å². The Kier molecular flexibility index (Phi) is 7.46. The molecule has 1 atom stereocenters. The van der Waals surface area contributed by atoms with Crippen LogP contribution in [0.25, 0.3) is 0 Å². The van der Waals surface area contributed by atoms with E-state index in [2.05, 4.69) is 24.5 Å². The number of carbonyl (C=O) groups is 2. The quantitative estimate of drug-likeness (QED) is 0.685. The summed E-state index contributed by atoms with van der Waals surface area (Å²) in [5, 5.41) is 6.35. The molecule has 0 radical (unpaired) electrons. The number of halogens is 1. The highest BCUT2D eigenvalue weighted by Crippen LogP contribution is 2.32. The van der Waals surface area contributed by atoms with Crippen LogP contribution < -0.4 is 15.4 Å². The predicted octanol–water partition coefficient (Wildman–Crippen LogP) is 4.99. The molecule has 2 rings (SSSR count). The van der Waals surface area contributed by atoms with Gasteiger partial charge in [-0.05, 0) is 60.7 Å². The van der Waals surface area contributed by atoms with Gasteiger partial charge in [0.25, 0.3) is 5.91 Å². The lowest BCUT2D eigenvalue weighted by molar-refractivity contribution is -0.123. The number of hydrogen-bond donors (Lipinski definition) is 2. The average Bonchev–Trinajstić information content (AvgIpc) is 2.61. The number of amides is 2. The van der Waals surface area contributed by atoms with Crippen LogP contribution in [-0.2, 0) is 9.59 Å². The monoisotopic (exact) mass is 402 g/mol. The number of nitrogens with one attached hydrogen (secondary N) is 2. The van der Waals surface area contributed by atoms with E-state index in [0.717, 1.165) is 16.7 Å². The normalized spacial score (nSPS) is 11.8. The highest BCUT2D eigenvalue weighted by atomic mass is 35.5. The molecule has 0 fully saturated rings. The number of aryl methyl sites for hydroxylation is 1. The molecule has 2 aromatic carbocycles. The van der Waals surface area contributed by atoms with Crippen LogP contribution in [0.15, 0.2) is 36.4 Å². The van der Waals surface area contributed by atoms with Gasteiger partial charge in [-0.1, -0.05) is 37.6 Å². The van der Waals surface area contributed by atoms with Gasteiger partial charge in [0.05, 0.1) is 6.04 Å². The van der Waals surface area contributed by atoms with Crippen molar-refractivity contribution < 1.29 is 14.3 Å². The Morgan fingerprint density at radius 3 is 2.50 bits per heavy atom. The van der Waals surface area contributed by atoms with Crippen LogP contribution in [0.4, 0.5) is 5.69 Å². The summed E-state index contributed by atoms with van der Waals surface area (Å²) < 4.78 is 5.78. The number of anilines is 1. The Morgan fingerprint density at radius 1 is 1.14 bits per heavy atom. The fourth-order valence-corrected chi connectivity index (χ4v) is 3.02. The van der Waals surface area contributed by atoms with Crippen molar-refractivity contribution in [1.82, 2.24) is 5.32 Å². The van der Waals surface area contributed by atoms with Crippen molar-refractivity contribution in [3.8, 4) is 5.75 Å². The van der Waals surface area contributed by atoms with Gasteiger partial charge in [0.1, 0.15) is 5.75 Å². The highest BCUT2D eigenvalue weighted by Gasteiger charge is 2.14. The third kappa shape index (κ3) is 5.99. The zero-order valence-corrected chi connectivity index (χ0v) is 17.7. The van der Waals surface area contributed by atoms with Gasteiger partial charge >= 0.3 is 0 Å². The SMILES string of the molecule is CC(=O)Nc1cccc(C(C)NC(=O)COc2cc(C)c(Cl)cc2C(C)C)c1. The van der Waals surface area contributed by atoms with Crippen molar-refractivity contribution in [3.63, 3.8) is 0 Å². The minimum atomic E-state index is -0.222. The van der Waals surface area contributed by atoms with Gasteiger partial charge in [-0.25, -0.2) is 0 Å². The van der Waals surface area contributed by atoms with Gasteiger partial charge < -0.3 is 15.4 Å². The molecule has 0 saturated carbocycles. The third-order valence-electron chi connectivity index (χ3n) is 4.36. The molecule has 0 heterocycles. The maximum absolute atomic E-state index is 12.4. The molecule has 0 spiro atoms. The van der Waals surface area contributed by atoms with Crippen molar-refractivity contribution in [2.24, 2.45) is 0 Å².